The minimum Gasteiger partial charge on any atom is -0.486 e. The fraction of sp³-hybridized carbons (Fsp3) is 0.333. The lowest BCUT2D eigenvalue weighted by Gasteiger charge is -2.18. The molecule has 0 atom stereocenters. The predicted molar refractivity (Wildman–Crippen MR) is 65.8 cm³/mol. The van der Waals surface area contributed by atoms with E-state index >= 15 is 0 Å². The molecule has 0 unspecified atom stereocenters. The Hall–Kier alpha value is -2.44. The van der Waals surface area contributed by atoms with E-state index in [0.717, 1.165) is 0 Å². The summed E-state index contributed by atoms with van der Waals surface area (Å²) < 4.78 is 12.3. The van der Waals surface area contributed by atoms with E-state index in [4.69, 9.17) is 14.6 Å². The molecule has 0 aliphatic carbocycles. The third-order valence-electron chi connectivity index (χ3n) is 2.99. The van der Waals surface area contributed by atoms with Crippen molar-refractivity contribution in [2.24, 2.45) is 0 Å². The van der Waals surface area contributed by atoms with Crippen LogP contribution in [0.25, 0.3) is 11.0 Å². The number of benzene rings is 1. The van der Waals surface area contributed by atoms with Crippen LogP contribution in [-0.4, -0.2) is 33.8 Å². The summed E-state index contributed by atoms with van der Waals surface area (Å²) in [6, 6.07) is 3.39. The molecule has 1 aromatic heterocycles. The number of carboxylic acid groups (broad SMARTS) is 1. The monoisotopic (exact) mass is 264 g/mol. The quantitative estimate of drug-likeness (QED) is 0.845. The van der Waals surface area contributed by atoms with Crippen LogP contribution >= 0.6 is 0 Å². The Morgan fingerprint density at radius 1 is 1.32 bits per heavy atom. The van der Waals surface area contributed by atoms with E-state index < -0.39 is 5.97 Å². The lowest BCUT2D eigenvalue weighted by atomic mass is 10.2. The van der Waals surface area contributed by atoms with Gasteiger partial charge < -0.3 is 19.6 Å². The number of aromatic amines is 1. The van der Waals surface area contributed by atoms with Crippen LogP contribution in [0.3, 0.4) is 0 Å². The zero-order valence-electron chi connectivity index (χ0n) is 10.0. The van der Waals surface area contributed by atoms with Crippen LogP contribution < -0.4 is 15.2 Å². The number of aromatic nitrogens is 2. The molecular formula is C12H12N2O5. The Morgan fingerprint density at radius 3 is 2.68 bits per heavy atom. The number of rotatable bonds is 3. The Balaban J connectivity index is 2.09. The molecule has 2 aromatic rings. The van der Waals surface area contributed by atoms with Gasteiger partial charge in [-0.05, 0) is 0 Å². The summed E-state index contributed by atoms with van der Waals surface area (Å²) in [5.74, 6) is 0.214. The highest BCUT2D eigenvalue weighted by atomic mass is 16.6. The fourth-order valence-corrected chi connectivity index (χ4v) is 2.12. The maximum Gasteiger partial charge on any atom is 0.326 e. The van der Waals surface area contributed by atoms with Gasteiger partial charge in [0.15, 0.2) is 11.5 Å². The third kappa shape index (κ3) is 2.03. The van der Waals surface area contributed by atoms with Crippen LogP contribution in [0, 0.1) is 0 Å². The van der Waals surface area contributed by atoms with Gasteiger partial charge in [-0.1, -0.05) is 0 Å². The number of ether oxygens (including phenoxy) is 2. The van der Waals surface area contributed by atoms with E-state index in [9.17, 15) is 9.59 Å². The van der Waals surface area contributed by atoms with E-state index in [1.807, 2.05) is 0 Å². The highest BCUT2D eigenvalue weighted by Crippen LogP contribution is 2.33. The van der Waals surface area contributed by atoms with Gasteiger partial charge in [-0.15, -0.1) is 0 Å². The van der Waals surface area contributed by atoms with Crippen LogP contribution in [0.5, 0.6) is 11.5 Å². The van der Waals surface area contributed by atoms with Crippen LogP contribution in [0.1, 0.15) is 6.42 Å². The highest BCUT2D eigenvalue weighted by Gasteiger charge is 2.16. The molecule has 100 valence electrons. The maximum atomic E-state index is 11.8. The van der Waals surface area contributed by atoms with Crippen LogP contribution in [0.4, 0.5) is 0 Å². The second-order valence-electron chi connectivity index (χ2n) is 4.24. The van der Waals surface area contributed by atoms with Crippen molar-refractivity contribution in [2.75, 3.05) is 13.2 Å². The Labute approximate surface area is 107 Å². The van der Waals surface area contributed by atoms with Gasteiger partial charge >= 0.3 is 11.7 Å². The van der Waals surface area contributed by atoms with Crippen molar-refractivity contribution in [3.8, 4) is 11.5 Å². The summed E-state index contributed by atoms with van der Waals surface area (Å²) in [5, 5.41) is 8.70. The first-order chi connectivity index (χ1) is 9.15. The zero-order valence-corrected chi connectivity index (χ0v) is 10.0. The molecule has 1 aromatic carbocycles. The number of hydrogen-bond donors (Lipinski definition) is 2. The molecule has 0 fully saturated rings. The van der Waals surface area contributed by atoms with Crippen LogP contribution in [0.2, 0.25) is 0 Å². The van der Waals surface area contributed by atoms with Gasteiger partial charge in [-0.2, -0.15) is 0 Å². The van der Waals surface area contributed by atoms with E-state index in [0.29, 0.717) is 35.7 Å². The van der Waals surface area contributed by atoms with Crippen molar-refractivity contribution < 1.29 is 19.4 Å². The molecule has 1 aliphatic heterocycles. The fourth-order valence-electron chi connectivity index (χ4n) is 2.12. The molecule has 1 aliphatic rings. The minimum absolute atomic E-state index is 0.110. The van der Waals surface area contributed by atoms with E-state index in [1.165, 1.54) is 4.57 Å². The van der Waals surface area contributed by atoms with Crippen molar-refractivity contribution in [2.45, 2.75) is 13.0 Å². The first-order valence-corrected chi connectivity index (χ1v) is 5.89. The van der Waals surface area contributed by atoms with E-state index in [2.05, 4.69) is 4.98 Å². The number of fused-ring (bicyclic) bond motifs is 2. The van der Waals surface area contributed by atoms with Gasteiger partial charge in [0.1, 0.15) is 13.2 Å². The number of carbonyl (C=O) groups is 1. The second-order valence-corrected chi connectivity index (χ2v) is 4.24. The summed E-state index contributed by atoms with van der Waals surface area (Å²) in [5.41, 5.74) is 0.897. The maximum absolute atomic E-state index is 11.8. The molecule has 2 heterocycles. The van der Waals surface area contributed by atoms with E-state index in [1.54, 1.807) is 12.1 Å². The van der Waals surface area contributed by atoms with Gasteiger partial charge in [-0.3, -0.25) is 9.36 Å². The molecule has 0 saturated carbocycles. The molecular weight excluding hydrogens is 252 g/mol. The summed E-state index contributed by atoms with van der Waals surface area (Å²) in [6.07, 6.45) is -0.110. The minimum atomic E-state index is -0.946. The summed E-state index contributed by atoms with van der Waals surface area (Å²) >= 11 is 0. The summed E-state index contributed by atoms with van der Waals surface area (Å²) in [4.78, 5) is 25.1. The lowest BCUT2D eigenvalue weighted by molar-refractivity contribution is -0.137. The normalized spacial score (nSPS) is 13.7. The van der Waals surface area contributed by atoms with Crippen molar-refractivity contribution >= 4 is 17.0 Å². The van der Waals surface area contributed by atoms with Gasteiger partial charge in [0.25, 0.3) is 0 Å². The number of aliphatic carboxylic acids is 1. The molecule has 7 heteroatoms. The van der Waals surface area contributed by atoms with Gasteiger partial charge in [0.2, 0.25) is 0 Å². The number of carboxylic acids is 1. The Morgan fingerprint density at radius 2 is 2.00 bits per heavy atom. The molecule has 19 heavy (non-hydrogen) atoms. The predicted octanol–water partition coefficient (Wildman–Crippen LogP) is 0.575. The van der Waals surface area contributed by atoms with Crippen molar-refractivity contribution in [3.63, 3.8) is 0 Å². The number of aryl methyl sites for hydroxylation is 1. The smallest absolute Gasteiger partial charge is 0.326 e. The SMILES string of the molecule is O=C(O)CCn1c(=O)[nH]c2cc3c(cc21)OCCO3. The number of nitrogens with zero attached hydrogens (tertiary/aromatic N) is 1. The molecule has 0 saturated heterocycles. The Bertz CT molecular complexity index is 700. The standard InChI is InChI=1S/C12H12N2O5/c15-11(16)1-2-14-8-6-10-9(18-3-4-19-10)5-7(8)13-12(14)17/h5-6H,1-4H2,(H,13,17)(H,15,16). The molecule has 2 N–H and O–H groups in total. The number of nitrogens with one attached hydrogen (secondary N) is 1. The van der Waals surface area contributed by atoms with Crippen LogP contribution in [0.15, 0.2) is 16.9 Å². The third-order valence-corrected chi connectivity index (χ3v) is 2.99. The van der Waals surface area contributed by atoms with Crippen molar-refractivity contribution in [3.05, 3.63) is 22.6 Å². The van der Waals surface area contributed by atoms with Gasteiger partial charge in [-0.25, -0.2) is 4.79 Å². The highest BCUT2D eigenvalue weighted by molar-refractivity contribution is 5.80. The first kappa shape index (κ1) is 11.6. The first-order valence-electron chi connectivity index (χ1n) is 5.89. The Kier molecular flexibility index (Phi) is 2.66. The van der Waals surface area contributed by atoms with Crippen molar-refractivity contribution in [1.29, 1.82) is 0 Å². The summed E-state index contributed by atoms with van der Waals surface area (Å²) in [6.45, 7) is 1.05. The number of imidazole rings is 1. The zero-order chi connectivity index (χ0) is 13.4. The van der Waals surface area contributed by atoms with Crippen LogP contribution in [-0.2, 0) is 11.3 Å². The van der Waals surface area contributed by atoms with E-state index in [-0.39, 0.29) is 18.7 Å². The van der Waals surface area contributed by atoms with Gasteiger partial charge in [0, 0.05) is 18.7 Å². The topological polar surface area (TPSA) is 93.6 Å². The van der Waals surface area contributed by atoms with Crippen molar-refractivity contribution in [1.82, 2.24) is 9.55 Å². The summed E-state index contributed by atoms with van der Waals surface area (Å²) in [7, 11) is 0. The lowest BCUT2D eigenvalue weighted by Crippen LogP contribution is -2.18. The molecule has 7 nitrogen and oxygen atoms in total. The second kappa shape index (κ2) is 4.34. The largest absolute Gasteiger partial charge is 0.486 e. The molecule has 0 spiro atoms. The molecule has 0 bridgehead atoms. The molecule has 0 radical (unpaired) electrons. The average Bonchev–Trinajstić information content (AvgIpc) is 2.68. The number of hydrogen-bond acceptors (Lipinski definition) is 4. The molecule has 0 amide bonds. The molecule has 3 rings (SSSR count). The van der Waals surface area contributed by atoms with Gasteiger partial charge in [0.05, 0.1) is 17.5 Å². The number of H-pyrrole nitrogens is 1. The average molecular weight is 264 g/mol.